The minimum absolute atomic E-state index is 0. The molecule has 0 spiro atoms. The zero-order valence-corrected chi connectivity index (χ0v) is 19.2. The topological polar surface area (TPSA) is 0 Å². The molecule has 0 nitrogen and oxygen atoms in total. The molecule has 126 valence electrons. The van der Waals surface area contributed by atoms with Crippen LogP contribution in [0.2, 0.25) is 18.1 Å². The van der Waals surface area contributed by atoms with Gasteiger partial charge in [0.2, 0.25) is 0 Å². The van der Waals surface area contributed by atoms with Crippen molar-refractivity contribution in [3.8, 4) is 0 Å². The summed E-state index contributed by atoms with van der Waals surface area (Å²) in [6.45, 7) is 2.40. The van der Waals surface area contributed by atoms with Crippen LogP contribution in [-0.2, 0) is 23.2 Å². The van der Waals surface area contributed by atoms with Crippen molar-refractivity contribution in [3.05, 3.63) is 60.2 Å². The molecule has 0 aromatic heterocycles. The summed E-state index contributed by atoms with van der Waals surface area (Å²) < 4.78 is 3.70. The van der Waals surface area contributed by atoms with Crippen molar-refractivity contribution in [1.29, 1.82) is 0 Å². The van der Waals surface area contributed by atoms with Gasteiger partial charge in [0, 0.05) is 0 Å². The molecule has 1 aromatic rings. The fraction of sp³-hybridized carbons (Fsp3) is 0.400. The molecule has 4 rings (SSSR count). The Morgan fingerprint density at radius 1 is 1.17 bits per heavy atom. The third-order valence-electron chi connectivity index (χ3n) is 5.71. The number of allylic oxidation sites excluding steroid dienone is 5. The molecule has 1 aliphatic heterocycles. The van der Waals surface area contributed by atoms with Gasteiger partial charge in [0.25, 0.3) is 0 Å². The van der Waals surface area contributed by atoms with Gasteiger partial charge in [-0.3, -0.25) is 0 Å². The van der Waals surface area contributed by atoms with Crippen LogP contribution in [0.3, 0.4) is 0 Å². The third kappa shape index (κ3) is 3.63. The van der Waals surface area contributed by atoms with Gasteiger partial charge in [-0.15, -0.1) is 0 Å². The van der Waals surface area contributed by atoms with E-state index in [9.17, 15) is 0 Å². The summed E-state index contributed by atoms with van der Waals surface area (Å²) >= 11 is -0.547. The van der Waals surface area contributed by atoms with Crippen LogP contribution >= 0.6 is 0 Å². The van der Waals surface area contributed by atoms with Crippen LogP contribution in [-0.4, -0.2) is 8.07 Å². The summed E-state index contributed by atoms with van der Waals surface area (Å²) in [5.41, 5.74) is 4.17. The molecule has 0 amide bonds. The first-order chi connectivity index (χ1) is 10.8. The van der Waals surface area contributed by atoms with Crippen molar-refractivity contribution >= 4 is 14.1 Å². The Morgan fingerprint density at radius 3 is 2.58 bits per heavy atom. The average Bonchev–Trinajstić information content (AvgIpc) is 3.11. The quantitative estimate of drug-likeness (QED) is 0.544. The van der Waals surface area contributed by atoms with E-state index in [1.54, 1.807) is 32.5 Å². The normalized spacial score (nSPS) is 22.3. The fourth-order valence-electron chi connectivity index (χ4n) is 4.63. The molecule has 2 aliphatic carbocycles. The van der Waals surface area contributed by atoms with Gasteiger partial charge in [-0.2, -0.15) is 0 Å². The summed E-state index contributed by atoms with van der Waals surface area (Å²) in [5.74, 6) is 0. The molecule has 0 N–H and O–H groups in total. The van der Waals surface area contributed by atoms with Crippen molar-refractivity contribution in [2.24, 2.45) is 0 Å². The van der Waals surface area contributed by atoms with Crippen molar-refractivity contribution in [2.45, 2.75) is 49.9 Å². The molecule has 1 unspecified atom stereocenters. The van der Waals surface area contributed by atoms with Crippen LogP contribution in [0.5, 0.6) is 0 Å². The molecule has 1 heterocycles. The van der Waals surface area contributed by atoms with Gasteiger partial charge >= 0.3 is 147 Å². The first kappa shape index (κ1) is 20.4. The number of rotatable bonds is 5. The van der Waals surface area contributed by atoms with E-state index in [-0.39, 0.29) is 24.8 Å². The molecule has 3 aliphatic rings. The Balaban J connectivity index is 0.00000104. The SMILES string of the molecule is CCC[Si]1(C2[C]([Zr+2][C]3=CC=CC3)=Cc3ccccc32)CCC1.[Cl-].[Cl-]. The Morgan fingerprint density at radius 2 is 1.96 bits per heavy atom. The van der Waals surface area contributed by atoms with E-state index in [0.717, 1.165) is 5.54 Å². The molecule has 1 atom stereocenters. The maximum absolute atomic E-state index is 2.62. The van der Waals surface area contributed by atoms with Crippen LogP contribution in [0, 0.1) is 0 Å². The van der Waals surface area contributed by atoms with Crippen LogP contribution in [0.4, 0.5) is 0 Å². The Labute approximate surface area is 171 Å². The van der Waals surface area contributed by atoms with E-state index in [4.69, 9.17) is 0 Å². The number of benzene rings is 1. The first-order valence-corrected chi connectivity index (χ1v) is 13.9. The zero-order valence-electron chi connectivity index (χ0n) is 14.2. The molecule has 1 fully saturated rings. The van der Waals surface area contributed by atoms with Crippen molar-refractivity contribution < 1.29 is 48.0 Å². The standard InChI is InChI=1S/C15H19Si.C5H5.2ClH.Zr/c1-2-10-16(11-5-12-16)15-9-8-13-6-3-4-7-14(13)15;1-2-4-5-3-1;;;/h3-4,6-8,15H,2,5,10-12H2,1H3;1-3H,4H2;2*1H;/q;;;;+2/p-2. The fourth-order valence-corrected chi connectivity index (χ4v) is 15.8. The van der Waals surface area contributed by atoms with E-state index < -0.39 is 31.3 Å². The molecule has 0 bridgehead atoms. The Hall–Kier alpha value is 0.120. The third-order valence-corrected chi connectivity index (χ3v) is 15.9. The van der Waals surface area contributed by atoms with E-state index in [0.29, 0.717) is 0 Å². The van der Waals surface area contributed by atoms with E-state index in [1.165, 1.54) is 19.3 Å². The van der Waals surface area contributed by atoms with Gasteiger partial charge in [-0.05, 0) is 0 Å². The van der Waals surface area contributed by atoms with Crippen LogP contribution in [0.15, 0.2) is 49.1 Å². The summed E-state index contributed by atoms with van der Waals surface area (Å²) in [7, 11) is -1.07. The predicted molar refractivity (Wildman–Crippen MR) is 94.1 cm³/mol. The molecule has 0 radical (unpaired) electrons. The summed E-state index contributed by atoms with van der Waals surface area (Å²) in [4.78, 5) is 0. The van der Waals surface area contributed by atoms with Crippen molar-refractivity contribution in [3.63, 3.8) is 0 Å². The Kier molecular flexibility index (Phi) is 7.38. The maximum Gasteiger partial charge on any atom is -1.00 e. The second-order valence-electron chi connectivity index (χ2n) is 7.08. The monoisotopic (exact) mass is 452 g/mol. The molecule has 4 heteroatoms. The molecule has 1 saturated heterocycles. The molecular formula is C20H24Cl2SiZr. The molecule has 0 saturated carbocycles. The van der Waals surface area contributed by atoms with Gasteiger partial charge in [-0.25, -0.2) is 0 Å². The number of hydrogen-bond donors (Lipinski definition) is 0. The molecule has 24 heavy (non-hydrogen) atoms. The summed E-state index contributed by atoms with van der Waals surface area (Å²) in [6.07, 6.45) is 13.8. The maximum atomic E-state index is 2.62. The van der Waals surface area contributed by atoms with Crippen molar-refractivity contribution in [2.75, 3.05) is 0 Å². The van der Waals surface area contributed by atoms with Crippen molar-refractivity contribution in [1.82, 2.24) is 0 Å². The summed E-state index contributed by atoms with van der Waals surface area (Å²) in [6, 6.07) is 14.1. The predicted octanol–water partition coefficient (Wildman–Crippen LogP) is -0.139. The van der Waals surface area contributed by atoms with Crippen LogP contribution in [0.1, 0.15) is 42.9 Å². The van der Waals surface area contributed by atoms with E-state index >= 15 is 0 Å². The van der Waals surface area contributed by atoms with Gasteiger partial charge in [0.05, 0.1) is 0 Å². The largest absolute Gasteiger partial charge is 1.00 e. The number of fused-ring (bicyclic) bond motifs is 1. The van der Waals surface area contributed by atoms with Gasteiger partial charge in [0.15, 0.2) is 0 Å². The first-order valence-electron chi connectivity index (χ1n) is 8.76. The van der Waals surface area contributed by atoms with Gasteiger partial charge in [-0.1, -0.05) is 0 Å². The minimum Gasteiger partial charge on any atom is -1.00 e. The van der Waals surface area contributed by atoms with E-state index in [1.807, 2.05) is 3.28 Å². The number of hydrogen-bond acceptors (Lipinski definition) is 0. The summed E-state index contributed by atoms with van der Waals surface area (Å²) in [5, 5.41) is 0. The van der Waals surface area contributed by atoms with Crippen LogP contribution < -0.4 is 24.8 Å². The van der Waals surface area contributed by atoms with Gasteiger partial charge < -0.3 is 24.8 Å². The average molecular weight is 455 g/mol. The number of halogens is 2. The van der Waals surface area contributed by atoms with Crippen LogP contribution in [0.25, 0.3) is 6.08 Å². The van der Waals surface area contributed by atoms with E-state index in [2.05, 4.69) is 55.5 Å². The molecule has 1 aromatic carbocycles. The molecular weight excluding hydrogens is 430 g/mol. The van der Waals surface area contributed by atoms with Gasteiger partial charge in [0.1, 0.15) is 0 Å². The second kappa shape index (κ2) is 8.67. The smallest absolute Gasteiger partial charge is 1.00 e. The zero-order chi connectivity index (χ0) is 15.0. The second-order valence-corrected chi connectivity index (χ2v) is 15.5. The minimum atomic E-state index is -1.07. The Bertz CT molecular complexity index is 674.